The van der Waals surface area contributed by atoms with Crippen LogP contribution in [0.1, 0.15) is 25.0 Å². The molecule has 0 saturated carbocycles. The number of aliphatic carboxylic acids is 1. The van der Waals surface area contributed by atoms with Crippen LogP contribution in [0.15, 0.2) is 42.5 Å². The molecule has 0 unspecified atom stereocenters. The molecule has 5 nitrogen and oxygen atoms in total. The number of benzene rings is 1. The Morgan fingerprint density at radius 3 is 2.40 bits per heavy atom. The first-order valence-corrected chi connectivity index (χ1v) is 6.21. The second-order valence-corrected chi connectivity index (χ2v) is 4.59. The van der Waals surface area contributed by atoms with Crippen molar-refractivity contribution in [3.63, 3.8) is 0 Å². The molecular weight excluding hydrogens is 258 g/mol. The van der Waals surface area contributed by atoms with Gasteiger partial charge in [0.2, 0.25) is 0 Å². The van der Waals surface area contributed by atoms with E-state index in [1.165, 1.54) is 7.11 Å². The fourth-order valence-corrected chi connectivity index (χ4v) is 1.82. The van der Waals surface area contributed by atoms with Crippen LogP contribution in [0.5, 0.6) is 0 Å². The average Bonchev–Trinajstić information content (AvgIpc) is 2.39. The van der Waals surface area contributed by atoms with E-state index in [1.807, 2.05) is 6.07 Å². The molecule has 0 radical (unpaired) electrons. The molecule has 5 heteroatoms. The Morgan fingerprint density at radius 1 is 1.35 bits per heavy atom. The number of carbonyl (C=O) groups is 2. The number of methoxy groups -OCH3 is 1. The van der Waals surface area contributed by atoms with Gasteiger partial charge in [-0.1, -0.05) is 35.9 Å². The molecule has 0 saturated heterocycles. The zero-order chi connectivity index (χ0) is 15.1. The van der Waals surface area contributed by atoms with Gasteiger partial charge in [0.05, 0.1) is 0 Å². The smallest absolute Gasteiger partial charge is 0.326 e. The third kappa shape index (κ3) is 4.51. The Hall–Kier alpha value is -2.14. The zero-order valence-corrected chi connectivity index (χ0v) is 11.6. The number of ether oxygens (including phenoxy) is 1. The van der Waals surface area contributed by atoms with Crippen LogP contribution in [0, 0.1) is 0 Å². The van der Waals surface area contributed by atoms with E-state index in [1.54, 1.807) is 31.2 Å². The monoisotopic (exact) mass is 277 g/mol. The molecular formula is C15H19NO4. The van der Waals surface area contributed by atoms with Gasteiger partial charge in [0.15, 0.2) is 6.10 Å². The molecule has 2 atom stereocenters. The van der Waals surface area contributed by atoms with Crippen molar-refractivity contribution >= 4 is 11.9 Å². The van der Waals surface area contributed by atoms with Gasteiger partial charge in [-0.2, -0.15) is 0 Å². The highest BCUT2D eigenvalue weighted by atomic mass is 16.5. The third-order valence-corrected chi connectivity index (χ3v) is 2.74. The first-order valence-electron chi connectivity index (χ1n) is 6.21. The minimum Gasteiger partial charge on any atom is -0.480 e. The number of carbonyl (C=O) groups excluding carboxylic acids is 1. The van der Waals surface area contributed by atoms with Crippen LogP contribution in [0.25, 0.3) is 0 Å². The van der Waals surface area contributed by atoms with Crippen molar-refractivity contribution in [2.75, 3.05) is 7.11 Å². The maximum atomic E-state index is 12.1. The van der Waals surface area contributed by atoms with Crippen molar-refractivity contribution in [3.05, 3.63) is 48.0 Å². The van der Waals surface area contributed by atoms with Gasteiger partial charge in [-0.3, -0.25) is 4.79 Å². The molecule has 0 bridgehead atoms. The molecule has 0 heterocycles. The van der Waals surface area contributed by atoms with Gasteiger partial charge in [-0.15, -0.1) is 6.58 Å². The summed E-state index contributed by atoms with van der Waals surface area (Å²) in [5, 5.41) is 11.6. The quantitative estimate of drug-likeness (QED) is 0.746. The minimum absolute atomic E-state index is 0.187. The summed E-state index contributed by atoms with van der Waals surface area (Å²) >= 11 is 0. The zero-order valence-electron chi connectivity index (χ0n) is 11.6. The molecule has 2 N–H and O–H groups in total. The number of hydrogen-bond acceptors (Lipinski definition) is 3. The number of rotatable bonds is 7. The van der Waals surface area contributed by atoms with E-state index >= 15 is 0 Å². The van der Waals surface area contributed by atoms with Crippen LogP contribution in [-0.2, 0) is 14.3 Å². The van der Waals surface area contributed by atoms with Crippen molar-refractivity contribution < 1.29 is 19.4 Å². The lowest BCUT2D eigenvalue weighted by Crippen LogP contribution is -2.43. The summed E-state index contributed by atoms with van der Waals surface area (Å²) in [7, 11) is 1.41. The van der Waals surface area contributed by atoms with E-state index < -0.39 is 24.0 Å². The van der Waals surface area contributed by atoms with E-state index in [-0.39, 0.29) is 6.42 Å². The van der Waals surface area contributed by atoms with Crippen molar-refractivity contribution in [1.82, 2.24) is 5.32 Å². The predicted molar refractivity (Wildman–Crippen MR) is 75.2 cm³/mol. The summed E-state index contributed by atoms with van der Waals surface area (Å²) in [5.74, 6) is -1.57. The molecule has 0 aliphatic carbocycles. The van der Waals surface area contributed by atoms with Crippen LogP contribution in [0.3, 0.4) is 0 Å². The summed E-state index contributed by atoms with van der Waals surface area (Å²) in [4.78, 5) is 23.3. The Kier molecular flexibility index (Phi) is 5.93. The number of nitrogens with one attached hydrogen (secondary N) is 1. The van der Waals surface area contributed by atoms with E-state index in [4.69, 9.17) is 9.84 Å². The van der Waals surface area contributed by atoms with E-state index in [0.29, 0.717) is 11.1 Å². The minimum atomic E-state index is -1.09. The molecule has 0 aliphatic heterocycles. The molecule has 0 aliphatic rings. The maximum Gasteiger partial charge on any atom is 0.326 e. The second kappa shape index (κ2) is 7.45. The first kappa shape index (κ1) is 15.9. The van der Waals surface area contributed by atoms with E-state index in [2.05, 4.69) is 11.9 Å². The van der Waals surface area contributed by atoms with Crippen molar-refractivity contribution in [3.8, 4) is 0 Å². The molecule has 0 aromatic heterocycles. The van der Waals surface area contributed by atoms with Gasteiger partial charge in [-0.05, 0) is 18.9 Å². The number of hydrogen-bond donors (Lipinski definition) is 2. The van der Waals surface area contributed by atoms with Crippen LogP contribution in [0.4, 0.5) is 0 Å². The van der Waals surface area contributed by atoms with Crippen molar-refractivity contribution in [2.45, 2.75) is 25.5 Å². The van der Waals surface area contributed by atoms with E-state index in [9.17, 15) is 9.59 Å². The molecule has 1 aromatic rings. The van der Waals surface area contributed by atoms with Crippen LogP contribution in [0.2, 0.25) is 0 Å². The standard InChI is InChI=1S/C15H19NO4/c1-10(2)9-12(15(18)19)16-14(17)13(20-3)11-7-5-4-6-8-11/h4-8,12-13H,1,9H2,2-3H3,(H,16,17)(H,18,19)/t12-,13-/m0/s1. The van der Waals surface area contributed by atoms with Crippen LogP contribution >= 0.6 is 0 Å². The number of amides is 1. The first-order chi connectivity index (χ1) is 9.45. The van der Waals surface area contributed by atoms with Crippen molar-refractivity contribution in [2.24, 2.45) is 0 Å². The number of carboxylic acid groups (broad SMARTS) is 1. The highest BCUT2D eigenvalue weighted by molar-refractivity contribution is 5.87. The highest BCUT2D eigenvalue weighted by Crippen LogP contribution is 2.17. The molecule has 0 spiro atoms. The largest absolute Gasteiger partial charge is 0.480 e. The summed E-state index contributed by atoms with van der Waals surface area (Å²) in [6, 6.07) is 7.91. The highest BCUT2D eigenvalue weighted by Gasteiger charge is 2.26. The Labute approximate surface area is 118 Å². The Balaban J connectivity index is 2.81. The SMILES string of the molecule is C=C(C)C[C@H](NC(=O)[C@@H](OC)c1ccccc1)C(=O)O. The molecule has 1 amide bonds. The fraction of sp³-hybridized carbons (Fsp3) is 0.333. The summed E-state index contributed by atoms with van der Waals surface area (Å²) in [5.41, 5.74) is 1.36. The van der Waals surface area contributed by atoms with Gasteiger partial charge in [0.1, 0.15) is 6.04 Å². The summed E-state index contributed by atoms with van der Waals surface area (Å²) < 4.78 is 5.16. The van der Waals surface area contributed by atoms with Gasteiger partial charge in [-0.25, -0.2) is 4.79 Å². The lowest BCUT2D eigenvalue weighted by Gasteiger charge is -2.19. The van der Waals surface area contributed by atoms with Gasteiger partial charge in [0, 0.05) is 7.11 Å². The Bertz CT molecular complexity index is 484. The molecule has 0 fully saturated rings. The van der Waals surface area contributed by atoms with Crippen LogP contribution in [-0.4, -0.2) is 30.1 Å². The third-order valence-electron chi connectivity index (χ3n) is 2.74. The van der Waals surface area contributed by atoms with Crippen LogP contribution < -0.4 is 5.32 Å². The predicted octanol–water partition coefficient (Wildman–Crippen LogP) is 1.91. The second-order valence-electron chi connectivity index (χ2n) is 4.59. The average molecular weight is 277 g/mol. The lowest BCUT2D eigenvalue weighted by molar-refractivity contribution is -0.144. The van der Waals surface area contributed by atoms with Gasteiger partial charge in [0.25, 0.3) is 5.91 Å². The van der Waals surface area contributed by atoms with E-state index in [0.717, 1.165) is 0 Å². The van der Waals surface area contributed by atoms with Gasteiger partial charge >= 0.3 is 5.97 Å². The topological polar surface area (TPSA) is 75.6 Å². The molecule has 1 aromatic carbocycles. The van der Waals surface area contributed by atoms with Gasteiger partial charge < -0.3 is 15.2 Å². The summed E-state index contributed by atoms with van der Waals surface area (Å²) in [6.45, 7) is 5.38. The molecule has 108 valence electrons. The number of carboxylic acids is 1. The summed E-state index contributed by atoms with van der Waals surface area (Å²) in [6.07, 6.45) is -0.644. The Morgan fingerprint density at radius 2 is 1.95 bits per heavy atom. The normalized spacial score (nSPS) is 13.3. The molecule has 20 heavy (non-hydrogen) atoms. The maximum absolute atomic E-state index is 12.1. The fourth-order valence-electron chi connectivity index (χ4n) is 1.82. The van der Waals surface area contributed by atoms with Crippen molar-refractivity contribution in [1.29, 1.82) is 0 Å². The molecule has 1 rings (SSSR count). The lowest BCUT2D eigenvalue weighted by atomic mass is 10.1.